The highest BCUT2D eigenvalue weighted by Crippen LogP contribution is 2.39. The van der Waals surface area contributed by atoms with E-state index >= 15 is 0 Å². The quantitative estimate of drug-likeness (QED) is 0.314. The topological polar surface area (TPSA) is 68.3 Å². The first-order valence-electron chi connectivity index (χ1n) is 13.6. The molecule has 0 saturated heterocycles. The van der Waals surface area contributed by atoms with Gasteiger partial charge in [-0.05, 0) is 55.7 Å². The Morgan fingerprint density at radius 3 is 2.49 bits per heavy atom. The molecule has 2 saturated carbocycles. The van der Waals surface area contributed by atoms with Gasteiger partial charge in [-0.25, -0.2) is 4.98 Å². The first kappa shape index (κ1) is 25.7. The van der Waals surface area contributed by atoms with Crippen molar-refractivity contribution in [3.8, 4) is 16.9 Å². The number of aromatic nitrogens is 1. The van der Waals surface area contributed by atoms with Gasteiger partial charge in [0.25, 0.3) is 5.91 Å². The molecule has 2 aromatic carbocycles. The molecule has 1 heterocycles. The number of carbonyl (C=O) groups excluding carboxylic acids is 2. The summed E-state index contributed by atoms with van der Waals surface area (Å²) in [5.41, 5.74) is 3.09. The van der Waals surface area contributed by atoms with Gasteiger partial charge < -0.3 is 10.1 Å². The van der Waals surface area contributed by atoms with Crippen LogP contribution in [0.1, 0.15) is 85.6 Å². The molecule has 0 aliphatic heterocycles. The molecule has 0 radical (unpaired) electrons. The third-order valence-corrected chi connectivity index (χ3v) is 9.13. The first-order chi connectivity index (χ1) is 18.1. The van der Waals surface area contributed by atoms with Crippen LogP contribution in [-0.2, 0) is 4.79 Å². The molecular weight excluding hydrogens is 480 g/mol. The van der Waals surface area contributed by atoms with Crippen LogP contribution in [0.5, 0.6) is 5.75 Å². The van der Waals surface area contributed by atoms with E-state index in [1.54, 1.807) is 18.4 Å². The maximum Gasteiger partial charge on any atom is 0.275 e. The Kier molecular flexibility index (Phi) is 8.34. The number of hydrogen-bond donors (Lipinski definition) is 1. The summed E-state index contributed by atoms with van der Waals surface area (Å²) in [4.78, 5) is 30.7. The Hall–Kier alpha value is -2.99. The molecule has 0 atom stereocenters. The summed E-state index contributed by atoms with van der Waals surface area (Å²) in [5, 5.41) is 5.92. The molecule has 1 amide bonds. The van der Waals surface area contributed by atoms with Crippen LogP contribution in [0.25, 0.3) is 11.1 Å². The SMILES string of the molecule is COc1ccc(-c2ccccc2)c(NC(=O)c2csc(C3CCC(C(=O)CCC4CCCC4)CC3)n2)c1. The third kappa shape index (κ3) is 6.30. The van der Waals surface area contributed by atoms with Gasteiger partial charge in [-0.1, -0.05) is 56.0 Å². The molecule has 37 heavy (non-hydrogen) atoms. The first-order valence-corrected chi connectivity index (χ1v) is 14.5. The Labute approximate surface area is 223 Å². The zero-order valence-electron chi connectivity index (χ0n) is 21.6. The molecule has 194 valence electrons. The van der Waals surface area contributed by atoms with E-state index < -0.39 is 0 Å². The van der Waals surface area contributed by atoms with Crippen molar-refractivity contribution in [2.24, 2.45) is 11.8 Å². The van der Waals surface area contributed by atoms with Gasteiger partial charge in [0.1, 0.15) is 17.2 Å². The van der Waals surface area contributed by atoms with Crippen molar-refractivity contribution in [3.05, 3.63) is 64.6 Å². The minimum atomic E-state index is -0.219. The molecule has 5 nitrogen and oxygen atoms in total. The van der Waals surface area contributed by atoms with Crippen LogP contribution in [-0.4, -0.2) is 23.8 Å². The van der Waals surface area contributed by atoms with Gasteiger partial charge in [0.15, 0.2) is 0 Å². The molecule has 0 unspecified atom stereocenters. The minimum Gasteiger partial charge on any atom is -0.497 e. The largest absolute Gasteiger partial charge is 0.497 e. The Bertz CT molecular complexity index is 1210. The Balaban J connectivity index is 1.19. The molecule has 5 rings (SSSR count). The monoisotopic (exact) mass is 516 g/mol. The van der Waals surface area contributed by atoms with Gasteiger partial charge in [0, 0.05) is 35.3 Å². The van der Waals surface area contributed by atoms with Crippen molar-refractivity contribution >= 4 is 28.7 Å². The lowest BCUT2D eigenvalue weighted by Gasteiger charge is -2.26. The van der Waals surface area contributed by atoms with Crippen LogP contribution in [0.2, 0.25) is 0 Å². The summed E-state index contributed by atoms with van der Waals surface area (Å²) >= 11 is 1.56. The highest BCUT2D eigenvalue weighted by atomic mass is 32.1. The normalized spacial score (nSPS) is 20.0. The maximum absolute atomic E-state index is 13.2. The number of hydrogen-bond acceptors (Lipinski definition) is 5. The molecular formula is C31H36N2O3S. The van der Waals surface area contributed by atoms with Crippen LogP contribution >= 0.6 is 11.3 Å². The van der Waals surface area contributed by atoms with Crippen LogP contribution in [0.15, 0.2) is 53.9 Å². The molecule has 3 aromatic rings. The zero-order valence-corrected chi connectivity index (χ0v) is 22.4. The van der Waals surface area contributed by atoms with Gasteiger partial charge in [-0.2, -0.15) is 0 Å². The van der Waals surface area contributed by atoms with Gasteiger partial charge in [-0.3, -0.25) is 9.59 Å². The number of rotatable bonds is 9. The average molecular weight is 517 g/mol. The van der Waals surface area contributed by atoms with Gasteiger partial charge in [-0.15, -0.1) is 11.3 Å². The number of anilines is 1. The van der Waals surface area contributed by atoms with Crippen LogP contribution in [0, 0.1) is 11.8 Å². The van der Waals surface area contributed by atoms with Crippen molar-refractivity contribution in [2.45, 2.75) is 70.1 Å². The van der Waals surface area contributed by atoms with E-state index in [0.717, 1.165) is 60.6 Å². The van der Waals surface area contributed by atoms with E-state index in [1.807, 2.05) is 53.9 Å². The number of carbonyl (C=O) groups is 2. The fourth-order valence-corrected chi connectivity index (χ4v) is 6.87. The Morgan fingerprint density at radius 2 is 1.76 bits per heavy atom. The van der Waals surface area contributed by atoms with E-state index in [9.17, 15) is 9.59 Å². The van der Waals surface area contributed by atoms with E-state index in [0.29, 0.717) is 28.8 Å². The number of thiazole rings is 1. The van der Waals surface area contributed by atoms with Crippen molar-refractivity contribution in [1.29, 1.82) is 0 Å². The summed E-state index contributed by atoms with van der Waals surface area (Å²) in [7, 11) is 1.62. The maximum atomic E-state index is 13.2. The summed E-state index contributed by atoms with van der Waals surface area (Å²) in [5.74, 6) is 2.26. The van der Waals surface area contributed by atoms with E-state index in [-0.39, 0.29) is 11.8 Å². The summed E-state index contributed by atoms with van der Waals surface area (Å²) in [6, 6.07) is 15.7. The molecule has 2 fully saturated rings. The number of amides is 1. The average Bonchev–Trinajstić information content (AvgIpc) is 3.65. The molecule has 0 bridgehead atoms. The van der Waals surface area contributed by atoms with Crippen molar-refractivity contribution in [1.82, 2.24) is 4.98 Å². The van der Waals surface area contributed by atoms with Crippen molar-refractivity contribution in [2.75, 3.05) is 12.4 Å². The number of nitrogens with one attached hydrogen (secondary N) is 1. The summed E-state index contributed by atoms with van der Waals surface area (Å²) < 4.78 is 5.39. The number of ether oxygens (including phenoxy) is 1. The number of nitrogens with zero attached hydrogens (tertiary/aromatic N) is 1. The molecule has 6 heteroatoms. The third-order valence-electron chi connectivity index (χ3n) is 8.12. The molecule has 1 N–H and O–H groups in total. The molecule has 1 aromatic heterocycles. The molecule has 2 aliphatic rings. The minimum absolute atomic E-state index is 0.213. The van der Waals surface area contributed by atoms with E-state index in [2.05, 4.69) is 5.32 Å². The molecule has 2 aliphatic carbocycles. The number of methoxy groups -OCH3 is 1. The van der Waals surface area contributed by atoms with Gasteiger partial charge in [0.2, 0.25) is 0 Å². The highest BCUT2D eigenvalue weighted by molar-refractivity contribution is 7.10. The predicted molar refractivity (Wildman–Crippen MR) is 149 cm³/mol. The Morgan fingerprint density at radius 1 is 1.00 bits per heavy atom. The number of Topliss-reactive ketones (excluding diaryl/α,β-unsaturated/α-hetero) is 1. The number of ketones is 1. The van der Waals surface area contributed by atoms with Crippen LogP contribution in [0.3, 0.4) is 0 Å². The zero-order chi connectivity index (χ0) is 25.6. The second-order valence-electron chi connectivity index (χ2n) is 10.5. The second kappa shape index (κ2) is 12.0. The fraction of sp³-hybridized carbons (Fsp3) is 0.452. The summed E-state index contributed by atoms with van der Waals surface area (Å²) in [6.45, 7) is 0. The fourth-order valence-electron chi connectivity index (χ4n) is 5.90. The van der Waals surface area contributed by atoms with E-state index in [4.69, 9.17) is 9.72 Å². The van der Waals surface area contributed by atoms with Crippen molar-refractivity contribution < 1.29 is 14.3 Å². The lowest BCUT2D eigenvalue weighted by atomic mass is 9.79. The summed E-state index contributed by atoms with van der Waals surface area (Å²) in [6.07, 6.45) is 11.0. The van der Waals surface area contributed by atoms with E-state index in [1.165, 1.54) is 25.7 Å². The molecule has 0 spiro atoms. The van der Waals surface area contributed by atoms with Gasteiger partial charge in [0.05, 0.1) is 17.8 Å². The predicted octanol–water partition coefficient (Wildman–Crippen LogP) is 7.88. The lowest BCUT2D eigenvalue weighted by Crippen LogP contribution is -2.21. The number of benzene rings is 2. The second-order valence-corrected chi connectivity index (χ2v) is 11.4. The highest BCUT2D eigenvalue weighted by Gasteiger charge is 2.29. The van der Waals surface area contributed by atoms with Gasteiger partial charge >= 0.3 is 0 Å². The smallest absolute Gasteiger partial charge is 0.275 e. The van der Waals surface area contributed by atoms with Crippen molar-refractivity contribution in [3.63, 3.8) is 0 Å². The van der Waals surface area contributed by atoms with Crippen LogP contribution in [0.4, 0.5) is 5.69 Å². The standard InChI is InChI=1S/C31H36N2O3S/c1-36-25-16-17-26(22-9-3-2-4-10-22)27(19-25)32-30(35)28-20-37-31(33-28)24-14-12-23(13-15-24)29(34)18-11-21-7-5-6-8-21/h2-4,9-10,16-17,19-21,23-24H,5-8,11-15,18H2,1H3,(H,32,35). The van der Waals surface area contributed by atoms with Crippen LogP contribution < -0.4 is 10.1 Å². The lowest BCUT2D eigenvalue weighted by molar-refractivity contribution is -0.124.